The van der Waals surface area contributed by atoms with Crippen LogP contribution in [0.4, 0.5) is 0 Å². The molecule has 0 saturated heterocycles. The van der Waals surface area contributed by atoms with E-state index in [0.29, 0.717) is 0 Å². The molecule has 14 heavy (non-hydrogen) atoms. The Hall–Kier alpha value is -1.82. The zero-order chi connectivity index (χ0) is 10.6. The highest BCUT2D eigenvalue weighted by atomic mass is 14.1. The summed E-state index contributed by atoms with van der Waals surface area (Å²) in [7, 11) is 0. The molecule has 0 radical (unpaired) electrons. The fourth-order valence-electron chi connectivity index (χ4n) is 1.41. The summed E-state index contributed by atoms with van der Waals surface area (Å²) in [6.45, 7) is 15.1. The molecule has 0 heteroatoms. The van der Waals surface area contributed by atoms with E-state index >= 15 is 0 Å². The van der Waals surface area contributed by atoms with Gasteiger partial charge in [-0.25, -0.2) is 0 Å². The Morgan fingerprint density at radius 1 is 0.714 bits per heavy atom. The largest absolute Gasteiger partial charge is 0.0985 e. The van der Waals surface area contributed by atoms with Crippen LogP contribution in [-0.2, 0) is 0 Å². The summed E-state index contributed by atoms with van der Waals surface area (Å²) in [6.07, 6.45) is 7.27. The Balaban J connectivity index is 3.53. The number of hydrogen-bond acceptors (Lipinski definition) is 0. The maximum absolute atomic E-state index is 3.78. The van der Waals surface area contributed by atoms with Crippen molar-refractivity contribution < 1.29 is 0 Å². The van der Waals surface area contributed by atoms with Crippen molar-refractivity contribution in [1.82, 2.24) is 0 Å². The van der Waals surface area contributed by atoms with E-state index in [2.05, 4.69) is 26.3 Å². The minimum Gasteiger partial charge on any atom is -0.0985 e. The highest BCUT2D eigenvalue weighted by molar-refractivity contribution is 5.75. The maximum Gasteiger partial charge on any atom is -0.0117 e. The van der Waals surface area contributed by atoms with Crippen LogP contribution in [0.2, 0.25) is 0 Å². The van der Waals surface area contributed by atoms with Crippen molar-refractivity contribution >= 4 is 24.3 Å². The van der Waals surface area contributed by atoms with Crippen molar-refractivity contribution in [3.05, 3.63) is 60.7 Å². The lowest BCUT2D eigenvalue weighted by Gasteiger charge is -2.07. The minimum atomic E-state index is 1.06. The molecule has 0 N–H and O–H groups in total. The zero-order valence-corrected chi connectivity index (χ0v) is 8.29. The van der Waals surface area contributed by atoms with Gasteiger partial charge in [-0.05, 0) is 34.4 Å². The molecule has 1 aromatic rings. The van der Waals surface area contributed by atoms with Gasteiger partial charge in [0, 0.05) is 0 Å². The SMILES string of the molecule is C=Cc1cc(C=C)c(C=C)c(C=C)c1. The first-order valence-corrected chi connectivity index (χ1v) is 4.44. The zero-order valence-electron chi connectivity index (χ0n) is 8.29. The van der Waals surface area contributed by atoms with Crippen molar-refractivity contribution in [2.45, 2.75) is 0 Å². The highest BCUT2D eigenvalue weighted by Crippen LogP contribution is 2.21. The Morgan fingerprint density at radius 2 is 1.21 bits per heavy atom. The molecule has 0 aliphatic carbocycles. The Labute approximate surface area is 85.6 Å². The molecule has 0 nitrogen and oxygen atoms in total. The van der Waals surface area contributed by atoms with Gasteiger partial charge < -0.3 is 0 Å². The van der Waals surface area contributed by atoms with E-state index in [4.69, 9.17) is 0 Å². The van der Waals surface area contributed by atoms with Gasteiger partial charge in [-0.3, -0.25) is 0 Å². The Bertz CT molecular complexity index is 365. The number of hydrogen-bond donors (Lipinski definition) is 0. The lowest BCUT2D eigenvalue weighted by atomic mass is 9.97. The summed E-state index contributed by atoms with van der Waals surface area (Å²) in [6, 6.07) is 4.06. The molecular weight excluding hydrogens is 168 g/mol. The van der Waals surface area contributed by atoms with Crippen molar-refractivity contribution in [3.8, 4) is 0 Å². The Morgan fingerprint density at radius 3 is 1.50 bits per heavy atom. The van der Waals surface area contributed by atoms with Crippen molar-refractivity contribution in [2.75, 3.05) is 0 Å². The molecule has 70 valence electrons. The first-order chi connectivity index (χ1) is 6.76. The molecule has 0 aliphatic rings. The predicted octanol–water partition coefficient (Wildman–Crippen LogP) is 4.26. The van der Waals surface area contributed by atoms with E-state index < -0.39 is 0 Å². The molecule has 1 aromatic carbocycles. The van der Waals surface area contributed by atoms with E-state index in [9.17, 15) is 0 Å². The van der Waals surface area contributed by atoms with Gasteiger partial charge in [-0.2, -0.15) is 0 Å². The summed E-state index contributed by atoms with van der Waals surface area (Å²) in [5.41, 5.74) is 4.26. The predicted molar refractivity (Wildman–Crippen MR) is 66.8 cm³/mol. The second-order valence-corrected chi connectivity index (χ2v) is 2.93. The molecule has 0 bridgehead atoms. The third-order valence-corrected chi connectivity index (χ3v) is 2.15. The monoisotopic (exact) mass is 182 g/mol. The van der Waals surface area contributed by atoms with Gasteiger partial charge in [0.25, 0.3) is 0 Å². The molecule has 0 aliphatic heterocycles. The van der Waals surface area contributed by atoms with Crippen molar-refractivity contribution in [1.29, 1.82) is 0 Å². The molecule has 0 fully saturated rings. The maximum atomic E-state index is 3.78. The van der Waals surface area contributed by atoms with Crippen LogP contribution in [0, 0.1) is 0 Å². The summed E-state index contributed by atoms with van der Waals surface area (Å²) in [5.74, 6) is 0. The standard InChI is InChI=1S/C14H14/c1-5-11-9-12(6-2)14(8-4)13(7-3)10-11/h5-10H,1-4H2. The van der Waals surface area contributed by atoms with Crippen LogP contribution in [0.1, 0.15) is 22.3 Å². The quantitative estimate of drug-likeness (QED) is 0.652. The normalized spacial score (nSPS) is 9.14. The number of benzene rings is 1. The summed E-state index contributed by atoms with van der Waals surface area (Å²) in [5, 5.41) is 0. The Kier molecular flexibility index (Phi) is 3.24. The molecule has 0 spiro atoms. The van der Waals surface area contributed by atoms with Crippen LogP contribution < -0.4 is 0 Å². The van der Waals surface area contributed by atoms with Crippen LogP contribution in [0.15, 0.2) is 38.4 Å². The van der Waals surface area contributed by atoms with Gasteiger partial charge in [0.1, 0.15) is 0 Å². The molecule has 0 heterocycles. The summed E-state index contributed by atoms with van der Waals surface area (Å²) >= 11 is 0. The van der Waals surface area contributed by atoms with Gasteiger partial charge >= 0.3 is 0 Å². The van der Waals surface area contributed by atoms with Gasteiger partial charge in [-0.1, -0.05) is 50.6 Å². The topological polar surface area (TPSA) is 0 Å². The molecule has 0 unspecified atom stereocenters. The van der Waals surface area contributed by atoms with Crippen molar-refractivity contribution in [2.24, 2.45) is 0 Å². The molecular formula is C14H14. The molecule has 0 atom stereocenters. The van der Waals surface area contributed by atoms with Gasteiger partial charge in [0.2, 0.25) is 0 Å². The van der Waals surface area contributed by atoms with Crippen LogP contribution in [0.5, 0.6) is 0 Å². The van der Waals surface area contributed by atoms with Crippen molar-refractivity contribution in [3.63, 3.8) is 0 Å². The van der Waals surface area contributed by atoms with E-state index in [1.807, 2.05) is 36.4 Å². The lowest BCUT2D eigenvalue weighted by Crippen LogP contribution is -1.88. The smallest absolute Gasteiger partial charge is 0.0117 e. The van der Waals surface area contributed by atoms with Gasteiger partial charge in [0.15, 0.2) is 0 Å². The minimum absolute atomic E-state index is 1.06. The fraction of sp³-hybridized carbons (Fsp3) is 0. The first-order valence-electron chi connectivity index (χ1n) is 4.44. The van der Waals surface area contributed by atoms with E-state index in [-0.39, 0.29) is 0 Å². The average molecular weight is 182 g/mol. The van der Waals surface area contributed by atoms with Gasteiger partial charge in [0.05, 0.1) is 0 Å². The van der Waals surface area contributed by atoms with E-state index in [1.165, 1.54) is 0 Å². The highest BCUT2D eigenvalue weighted by Gasteiger charge is 2.02. The van der Waals surface area contributed by atoms with Crippen LogP contribution in [0.3, 0.4) is 0 Å². The van der Waals surface area contributed by atoms with E-state index in [1.54, 1.807) is 0 Å². The second-order valence-electron chi connectivity index (χ2n) is 2.93. The lowest BCUT2D eigenvalue weighted by molar-refractivity contribution is 1.55. The molecule has 0 saturated carbocycles. The first kappa shape index (κ1) is 10.3. The second kappa shape index (κ2) is 4.43. The molecule has 0 aromatic heterocycles. The molecule has 1 rings (SSSR count). The average Bonchev–Trinajstić information content (AvgIpc) is 2.26. The molecule has 0 amide bonds. The summed E-state index contributed by atoms with van der Waals surface area (Å²) in [4.78, 5) is 0. The van der Waals surface area contributed by atoms with Crippen LogP contribution in [0.25, 0.3) is 24.3 Å². The third-order valence-electron chi connectivity index (χ3n) is 2.15. The van der Waals surface area contributed by atoms with Crippen LogP contribution >= 0.6 is 0 Å². The number of rotatable bonds is 4. The fourth-order valence-corrected chi connectivity index (χ4v) is 1.41. The van der Waals surface area contributed by atoms with Crippen LogP contribution in [-0.4, -0.2) is 0 Å². The third kappa shape index (κ3) is 1.74. The van der Waals surface area contributed by atoms with E-state index in [0.717, 1.165) is 22.3 Å². The van der Waals surface area contributed by atoms with Gasteiger partial charge in [-0.15, -0.1) is 0 Å². The summed E-state index contributed by atoms with van der Waals surface area (Å²) < 4.78 is 0.